The topological polar surface area (TPSA) is 73.2 Å². The Hall–Kier alpha value is -3.67. The first kappa shape index (κ1) is 22.1. The van der Waals surface area contributed by atoms with Crippen LogP contribution in [0.1, 0.15) is 41.7 Å². The second-order valence-electron chi connectivity index (χ2n) is 9.16. The maximum Gasteiger partial charge on any atom is 0.308 e. The minimum absolute atomic E-state index is 0.00214. The summed E-state index contributed by atoms with van der Waals surface area (Å²) in [4.78, 5) is 29.6. The fraction of sp³-hybridized carbons (Fsp3) is 0.321. The summed E-state index contributed by atoms with van der Waals surface area (Å²) < 4.78 is 6.97. The van der Waals surface area contributed by atoms with Gasteiger partial charge in [0.1, 0.15) is 0 Å². The van der Waals surface area contributed by atoms with Crippen molar-refractivity contribution in [2.45, 2.75) is 32.2 Å². The lowest BCUT2D eigenvalue weighted by Gasteiger charge is -2.27. The third kappa shape index (κ3) is 4.53. The Morgan fingerprint density at radius 3 is 2.56 bits per heavy atom. The highest BCUT2D eigenvalue weighted by Crippen LogP contribution is 2.29. The van der Waals surface area contributed by atoms with Crippen molar-refractivity contribution in [1.82, 2.24) is 14.9 Å². The van der Waals surface area contributed by atoms with Crippen LogP contribution in [0.2, 0.25) is 0 Å². The number of benzene rings is 2. The number of nitrogens with zero attached hydrogens (tertiary/aromatic N) is 2. The van der Waals surface area contributed by atoms with Crippen molar-refractivity contribution in [2.75, 3.05) is 13.7 Å². The fourth-order valence-corrected chi connectivity index (χ4v) is 5.07. The first-order valence-electron chi connectivity index (χ1n) is 11.9. The number of aromatic nitrogens is 2. The third-order valence-corrected chi connectivity index (χ3v) is 6.99. The molecule has 0 aliphatic heterocycles. The molecule has 0 unspecified atom stereocenters. The lowest BCUT2D eigenvalue weighted by molar-refractivity contribution is -0.146. The maximum absolute atomic E-state index is 13.2. The van der Waals surface area contributed by atoms with Crippen molar-refractivity contribution in [3.63, 3.8) is 0 Å². The van der Waals surface area contributed by atoms with Gasteiger partial charge in [0, 0.05) is 29.7 Å². The summed E-state index contributed by atoms with van der Waals surface area (Å²) in [6, 6.07) is 18.2. The number of hydrogen-bond donors (Lipinski definition) is 1. The standard InChI is InChI=1S/C28H29N3O3/c1-34-28(33)21-11-9-19(10-12-21)16-30-27(32)25-8-4-7-20-13-14-31(26(20)25)18-24-15-22-5-2-3-6-23(22)17-29-24/h2-8,13-15,17,19,21H,9-12,16,18H2,1H3,(H,30,32). The average Bonchev–Trinajstić information content (AvgIpc) is 3.30. The second kappa shape index (κ2) is 9.67. The van der Waals surface area contributed by atoms with Crippen molar-refractivity contribution < 1.29 is 14.3 Å². The van der Waals surface area contributed by atoms with Gasteiger partial charge in [-0.05, 0) is 55.2 Å². The molecule has 2 heterocycles. The van der Waals surface area contributed by atoms with Crippen LogP contribution in [0, 0.1) is 11.8 Å². The minimum atomic E-state index is -0.115. The van der Waals surface area contributed by atoms with Crippen LogP contribution >= 0.6 is 0 Å². The third-order valence-electron chi connectivity index (χ3n) is 6.99. The van der Waals surface area contributed by atoms with Crippen molar-refractivity contribution in [3.8, 4) is 0 Å². The summed E-state index contributed by atoms with van der Waals surface area (Å²) in [7, 11) is 1.45. The van der Waals surface area contributed by atoms with Crippen LogP contribution in [0.15, 0.2) is 67.0 Å². The van der Waals surface area contributed by atoms with Crippen molar-refractivity contribution in [3.05, 3.63) is 78.2 Å². The number of esters is 1. The van der Waals surface area contributed by atoms with Gasteiger partial charge in [-0.25, -0.2) is 0 Å². The summed E-state index contributed by atoms with van der Waals surface area (Å²) in [5.74, 6) is 0.207. The molecule has 0 radical (unpaired) electrons. The second-order valence-corrected chi connectivity index (χ2v) is 9.16. The zero-order valence-electron chi connectivity index (χ0n) is 19.4. The summed E-state index contributed by atoms with van der Waals surface area (Å²) in [5, 5.41) is 6.45. The van der Waals surface area contributed by atoms with Crippen LogP contribution in [0.3, 0.4) is 0 Å². The molecule has 1 aliphatic rings. The molecule has 174 valence electrons. The van der Waals surface area contributed by atoms with Crippen molar-refractivity contribution in [1.29, 1.82) is 0 Å². The van der Waals surface area contributed by atoms with Crippen LogP contribution in [0.4, 0.5) is 0 Å². The van der Waals surface area contributed by atoms with Gasteiger partial charge in [0.25, 0.3) is 5.91 Å². The van der Waals surface area contributed by atoms with E-state index in [-0.39, 0.29) is 17.8 Å². The average molecular weight is 456 g/mol. The first-order chi connectivity index (χ1) is 16.6. The largest absolute Gasteiger partial charge is 0.469 e. The zero-order chi connectivity index (χ0) is 23.5. The molecule has 2 aromatic carbocycles. The molecule has 6 nitrogen and oxygen atoms in total. The van der Waals surface area contributed by atoms with Gasteiger partial charge < -0.3 is 14.6 Å². The maximum atomic E-state index is 13.2. The predicted octanol–water partition coefficient (Wildman–Crippen LogP) is 4.95. The van der Waals surface area contributed by atoms with Gasteiger partial charge in [0.2, 0.25) is 0 Å². The summed E-state index contributed by atoms with van der Waals surface area (Å²) in [5.41, 5.74) is 2.55. The molecule has 1 N–H and O–H groups in total. The van der Waals surface area contributed by atoms with Gasteiger partial charge >= 0.3 is 5.97 Å². The van der Waals surface area contributed by atoms with Gasteiger partial charge in [-0.2, -0.15) is 0 Å². The number of ether oxygens (including phenoxy) is 1. The summed E-state index contributed by atoms with van der Waals surface area (Å²) in [6.07, 6.45) is 7.42. The van der Waals surface area contributed by atoms with E-state index in [2.05, 4.69) is 33.1 Å². The van der Waals surface area contributed by atoms with Gasteiger partial charge in [0.15, 0.2) is 0 Å². The van der Waals surface area contributed by atoms with Crippen LogP contribution in [-0.2, 0) is 16.1 Å². The Bertz CT molecular complexity index is 1340. The molecule has 34 heavy (non-hydrogen) atoms. The number of amides is 1. The number of fused-ring (bicyclic) bond motifs is 2. The van der Waals surface area contributed by atoms with E-state index in [0.717, 1.165) is 53.1 Å². The normalized spacial score (nSPS) is 18.1. The number of rotatable bonds is 6. The van der Waals surface area contributed by atoms with Crippen molar-refractivity contribution >= 4 is 33.6 Å². The number of nitrogens with one attached hydrogen (secondary N) is 1. The van der Waals surface area contributed by atoms with E-state index in [9.17, 15) is 9.59 Å². The molecule has 4 aromatic rings. The molecular weight excluding hydrogens is 426 g/mol. The fourth-order valence-electron chi connectivity index (χ4n) is 5.07. The quantitative estimate of drug-likeness (QED) is 0.418. The number of hydrogen-bond acceptors (Lipinski definition) is 4. The van der Waals surface area contributed by atoms with E-state index >= 15 is 0 Å². The highest BCUT2D eigenvalue weighted by molar-refractivity contribution is 6.06. The van der Waals surface area contributed by atoms with Crippen LogP contribution in [0.25, 0.3) is 21.7 Å². The number of para-hydroxylation sites is 1. The van der Waals surface area contributed by atoms with E-state index in [1.165, 1.54) is 7.11 Å². The molecule has 0 spiro atoms. The Kier molecular flexibility index (Phi) is 6.30. The number of pyridine rings is 1. The molecule has 6 heteroatoms. The van der Waals surface area contributed by atoms with E-state index in [1.807, 2.05) is 48.8 Å². The smallest absolute Gasteiger partial charge is 0.308 e. The highest BCUT2D eigenvalue weighted by atomic mass is 16.5. The molecular formula is C28H29N3O3. The van der Waals surface area contributed by atoms with Crippen LogP contribution in [-0.4, -0.2) is 35.1 Å². The highest BCUT2D eigenvalue weighted by Gasteiger charge is 2.27. The van der Waals surface area contributed by atoms with Gasteiger partial charge in [-0.1, -0.05) is 36.4 Å². The van der Waals surface area contributed by atoms with E-state index in [0.29, 0.717) is 24.6 Å². The monoisotopic (exact) mass is 455 g/mol. The summed E-state index contributed by atoms with van der Waals surface area (Å²) >= 11 is 0. The Morgan fingerprint density at radius 2 is 1.76 bits per heavy atom. The van der Waals surface area contributed by atoms with E-state index in [1.54, 1.807) is 0 Å². The molecule has 1 saturated carbocycles. The van der Waals surface area contributed by atoms with Gasteiger partial charge in [-0.3, -0.25) is 14.6 Å². The lowest BCUT2D eigenvalue weighted by atomic mass is 9.82. The minimum Gasteiger partial charge on any atom is -0.469 e. The van der Waals surface area contributed by atoms with Gasteiger partial charge in [-0.15, -0.1) is 0 Å². The predicted molar refractivity (Wildman–Crippen MR) is 133 cm³/mol. The van der Waals surface area contributed by atoms with Crippen LogP contribution < -0.4 is 5.32 Å². The number of carbonyl (C=O) groups is 2. The molecule has 1 amide bonds. The first-order valence-corrected chi connectivity index (χ1v) is 11.9. The Balaban J connectivity index is 1.30. The van der Waals surface area contributed by atoms with E-state index in [4.69, 9.17) is 4.74 Å². The zero-order valence-corrected chi connectivity index (χ0v) is 19.4. The molecule has 5 rings (SSSR count). The molecule has 0 saturated heterocycles. The SMILES string of the molecule is COC(=O)C1CCC(CNC(=O)c2cccc3ccn(Cc4cc5ccccc5cn4)c23)CC1. The molecule has 0 bridgehead atoms. The van der Waals surface area contributed by atoms with E-state index < -0.39 is 0 Å². The molecule has 0 atom stereocenters. The summed E-state index contributed by atoms with van der Waals surface area (Å²) in [6.45, 7) is 1.21. The van der Waals surface area contributed by atoms with Crippen molar-refractivity contribution in [2.24, 2.45) is 11.8 Å². The number of carbonyl (C=O) groups excluding carboxylic acids is 2. The number of methoxy groups -OCH3 is 1. The molecule has 2 aromatic heterocycles. The Morgan fingerprint density at radius 1 is 1.00 bits per heavy atom. The lowest BCUT2D eigenvalue weighted by Crippen LogP contribution is -2.33. The van der Waals surface area contributed by atoms with Crippen LogP contribution in [0.5, 0.6) is 0 Å². The molecule has 1 aliphatic carbocycles. The molecule has 1 fully saturated rings. The van der Waals surface area contributed by atoms with Gasteiger partial charge in [0.05, 0.1) is 36.3 Å². The Labute approximate surface area is 198 Å².